The lowest BCUT2D eigenvalue weighted by atomic mass is 9.81. The maximum atomic E-state index is 12.8. The van der Waals surface area contributed by atoms with Crippen LogP contribution < -0.4 is 5.32 Å². The summed E-state index contributed by atoms with van der Waals surface area (Å²) < 4.78 is 38.4. The highest BCUT2D eigenvalue weighted by Gasteiger charge is 2.54. The van der Waals surface area contributed by atoms with Gasteiger partial charge >= 0.3 is 12.1 Å². The summed E-state index contributed by atoms with van der Waals surface area (Å²) in [6.45, 7) is 0.685. The Morgan fingerprint density at radius 3 is 2.73 bits per heavy atom. The molecular formula is C17H18ClF3N2O3. The van der Waals surface area contributed by atoms with Crippen LogP contribution in [0.5, 0.6) is 0 Å². The number of amides is 1. The Labute approximate surface area is 153 Å². The fourth-order valence-electron chi connectivity index (χ4n) is 4.05. The number of halogens is 4. The second kappa shape index (κ2) is 6.74. The average molecular weight is 391 g/mol. The number of carbonyl (C=O) groups is 2. The summed E-state index contributed by atoms with van der Waals surface area (Å²) >= 11 is 5.88. The number of likely N-dealkylation sites (tertiary alicyclic amines) is 1. The fourth-order valence-corrected chi connectivity index (χ4v) is 4.22. The van der Waals surface area contributed by atoms with Gasteiger partial charge in [0, 0.05) is 13.1 Å². The van der Waals surface area contributed by atoms with Gasteiger partial charge in [0.1, 0.15) is 0 Å². The monoisotopic (exact) mass is 390 g/mol. The first kappa shape index (κ1) is 19.0. The maximum Gasteiger partial charge on any atom is 0.416 e. The van der Waals surface area contributed by atoms with Crippen LogP contribution in [-0.2, 0) is 15.8 Å². The van der Waals surface area contributed by atoms with Gasteiger partial charge in [-0.25, -0.2) is 0 Å². The van der Waals surface area contributed by atoms with Gasteiger partial charge in [0.05, 0.1) is 28.2 Å². The number of nitrogens with zero attached hydrogens (tertiary/aromatic N) is 1. The molecule has 2 atom stereocenters. The lowest BCUT2D eigenvalue weighted by Gasteiger charge is -2.23. The van der Waals surface area contributed by atoms with Crippen molar-refractivity contribution in [2.24, 2.45) is 11.3 Å². The highest BCUT2D eigenvalue weighted by atomic mass is 35.5. The molecular weight excluding hydrogens is 373 g/mol. The van der Waals surface area contributed by atoms with E-state index in [-0.39, 0.29) is 29.7 Å². The molecule has 1 aromatic rings. The number of aliphatic carboxylic acids is 1. The van der Waals surface area contributed by atoms with Crippen molar-refractivity contribution in [1.82, 2.24) is 4.90 Å². The van der Waals surface area contributed by atoms with E-state index in [2.05, 4.69) is 5.32 Å². The van der Waals surface area contributed by atoms with Crippen molar-refractivity contribution < 1.29 is 27.9 Å². The largest absolute Gasteiger partial charge is 0.481 e. The number of alkyl halides is 3. The molecule has 1 saturated heterocycles. The summed E-state index contributed by atoms with van der Waals surface area (Å²) in [7, 11) is 0. The van der Waals surface area contributed by atoms with Gasteiger partial charge in [0.2, 0.25) is 5.91 Å². The number of carboxylic acids is 1. The van der Waals surface area contributed by atoms with Gasteiger partial charge in [-0.05, 0) is 37.0 Å². The van der Waals surface area contributed by atoms with Gasteiger partial charge in [0.15, 0.2) is 0 Å². The summed E-state index contributed by atoms with van der Waals surface area (Å²) in [5.41, 5.74) is -1.83. The number of carbonyl (C=O) groups excluding carboxylic acids is 1. The zero-order valence-corrected chi connectivity index (χ0v) is 14.5. The molecule has 0 spiro atoms. The molecule has 9 heteroatoms. The van der Waals surface area contributed by atoms with Crippen LogP contribution in [-0.4, -0.2) is 41.5 Å². The van der Waals surface area contributed by atoms with Crippen molar-refractivity contribution in [3.63, 3.8) is 0 Å². The molecule has 1 aliphatic carbocycles. The topological polar surface area (TPSA) is 69.6 Å². The van der Waals surface area contributed by atoms with Gasteiger partial charge in [-0.15, -0.1) is 0 Å². The number of hydrogen-bond donors (Lipinski definition) is 2. The van der Waals surface area contributed by atoms with Gasteiger partial charge < -0.3 is 10.4 Å². The van der Waals surface area contributed by atoms with Gasteiger partial charge in [0.25, 0.3) is 0 Å². The van der Waals surface area contributed by atoms with Crippen LogP contribution in [0.3, 0.4) is 0 Å². The zero-order chi connectivity index (χ0) is 19.1. The normalized spacial score (nSPS) is 25.9. The number of benzene rings is 1. The predicted octanol–water partition coefficient (Wildman–Crippen LogP) is 3.48. The number of hydrogen-bond acceptors (Lipinski definition) is 3. The standard InChI is InChI=1S/C17H18ClF3N2O3/c18-12-4-3-10(17(19,20)21)6-13(12)22-14(24)8-23-7-11-2-1-5-16(11,9-23)15(25)26/h3-4,6,11H,1-2,5,7-9H2,(H,22,24)(H,25,26)/t11-,16+/m0/s1. The molecule has 142 valence electrons. The van der Waals surface area contributed by atoms with Crippen LogP contribution in [0.1, 0.15) is 24.8 Å². The second-order valence-electron chi connectivity index (χ2n) is 6.96. The average Bonchev–Trinajstić information content (AvgIpc) is 3.06. The first-order valence-electron chi connectivity index (χ1n) is 8.24. The van der Waals surface area contributed by atoms with Crippen LogP contribution in [0.25, 0.3) is 0 Å². The zero-order valence-electron chi connectivity index (χ0n) is 13.8. The summed E-state index contributed by atoms with van der Waals surface area (Å²) in [6.07, 6.45) is -2.28. The molecule has 1 aliphatic heterocycles. The van der Waals surface area contributed by atoms with Crippen LogP contribution >= 0.6 is 11.6 Å². The predicted molar refractivity (Wildman–Crippen MR) is 88.9 cm³/mol. The molecule has 5 nitrogen and oxygen atoms in total. The van der Waals surface area contributed by atoms with Crippen molar-refractivity contribution in [2.45, 2.75) is 25.4 Å². The van der Waals surface area contributed by atoms with Crippen LogP contribution in [0.4, 0.5) is 18.9 Å². The lowest BCUT2D eigenvalue weighted by molar-refractivity contribution is -0.149. The molecule has 1 heterocycles. The molecule has 2 fully saturated rings. The van der Waals surface area contributed by atoms with E-state index in [1.807, 2.05) is 0 Å². The molecule has 1 saturated carbocycles. The Morgan fingerprint density at radius 2 is 2.12 bits per heavy atom. The third-order valence-corrected chi connectivity index (χ3v) is 5.63. The van der Waals surface area contributed by atoms with E-state index in [9.17, 15) is 27.9 Å². The quantitative estimate of drug-likeness (QED) is 0.825. The Morgan fingerprint density at radius 1 is 1.38 bits per heavy atom. The van der Waals surface area contributed by atoms with E-state index in [1.165, 1.54) is 0 Å². The van der Waals surface area contributed by atoms with Gasteiger partial charge in [-0.1, -0.05) is 18.0 Å². The minimum Gasteiger partial charge on any atom is -0.481 e. The number of carboxylic acid groups (broad SMARTS) is 1. The van der Waals surface area contributed by atoms with Crippen molar-refractivity contribution in [1.29, 1.82) is 0 Å². The van der Waals surface area contributed by atoms with Crippen LogP contribution in [0.15, 0.2) is 18.2 Å². The molecule has 26 heavy (non-hydrogen) atoms. The van der Waals surface area contributed by atoms with Crippen LogP contribution in [0.2, 0.25) is 5.02 Å². The van der Waals surface area contributed by atoms with E-state index in [0.717, 1.165) is 31.0 Å². The number of fused-ring (bicyclic) bond motifs is 1. The highest BCUT2D eigenvalue weighted by molar-refractivity contribution is 6.33. The molecule has 2 aliphatic rings. The Hall–Kier alpha value is -1.80. The van der Waals surface area contributed by atoms with Gasteiger partial charge in [-0.3, -0.25) is 14.5 Å². The Bertz CT molecular complexity index is 740. The molecule has 0 radical (unpaired) electrons. The third-order valence-electron chi connectivity index (χ3n) is 5.30. The van der Waals surface area contributed by atoms with Gasteiger partial charge in [-0.2, -0.15) is 13.2 Å². The number of nitrogens with one attached hydrogen (secondary N) is 1. The highest BCUT2D eigenvalue weighted by Crippen LogP contribution is 2.48. The Kier molecular flexibility index (Phi) is 4.92. The summed E-state index contributed by atoms with van der Waals surface area (Å²) in [5.74, 6) is -1.36. The first-order valence-corrected chi connectivity index (χ1v) is 8.62. The molecule has 2 N–H and O–H groups in total. The lowest BCUT2D eigenvalue weighted by Crippen LogP contribution is -2.37. The molecule has 0 aromatic heterocycles. The van der Waals surface area contributed by atoms with E-state index in [4.69, 9.17) is 11.6 Å². The molecule has 1 amide bonds. The van der Waals surface area contributed by atoms with Crippen molar-refractivity contribution in [2.75, 3.05) is 25.0 Å². The number of rotatable bonds is 4. The summed E-state index contributed by atoms with van der Waals surface area (Å²) in [4.78, 5) is 25.6. The molecule has 0 bridgehead atoms. The SMILES string of the molecule is O=C(CN1C[C@@H]2CCC[C@@]2(C(=O)O)C1)Nc1cc(C(F)(F)F)ccc1Cl. The van der Waals surface area contributed by atoms with Crippen molar-refractivity contribution in [3.05, 3.63) is 28.8 Å². The Balaban J connectivity index is 1.66. The van der Waals surface area contributed by atoms with E-state index in [0.29, 0.717) is 13.0 Å². The first-order chi connectivity index (χ1) is 12.1. The molecule has 0 unspecified atom stereocenters. The van der Waals surface area contributed by atoms with Crippen molar-refractivity contribution >= 4 is 29.2 Å². The van der Waals surface area contributed by atoms with Crippen molar-refractivity contribution in [3.8, 4) is 0 Å². The minimum absolute atomic E-state index is 0.00458. The van der Waals surface area contributed by atoms with E-state index in [1.54, 1.807) is 4.90 Å². The van der Waals surface area contributed by atoms with E-state index >= 15 is 0 Å². The molecule has 3 rings (SSSR count). The summed E-state index contributed by atoms with van der Waals surface area (Å²) in [5, 5.41) is 12.0. The number of anilines is 1. The third kappa shape index (κ3) is 3.53. The van der Waals surface area contributed by atoms with Crippen LogP contribution in [0, 0.1) is 11.3 Å². The molecule has 1 aromatic carbocycles. The fraction of sp³-hybridized carbons (Fsp3) is 0.529. The minimum atomic E-state index is -4.54. The summed E-state index contributed by atoms with van der Waals surface area (Å²) in [6, 6.07) is 2.72. The smallest absolute Gasteiger partial charge is 0.416 e. The van der Waals surface area contributed by atoms with E-state index < -0.39 is 29.0 Å². The maximum absolute atomic E-state index is 12.8. The second-order valence-corrected chi connectivity index (χ2v) is 7.37.